The van der Waals surface area contributed by atoms with Crippen molar-refractivity contribution in [1.29, 1.82) is 0 Å². The highest BCUT2D eigenvalue weighted by Gasteiger charge is 2.03. The minimum absolute atomic E-state index is 0.0817. The summed E-state index contributed by atoms with van der Waals surface area (Å²) in [4.78, 5) is 11.6. The van der Waals surface area contributed by atoms with Crippen molar-refractivity contribution < 1.29 is 4.79 Å². The van der Waals surface area contributed by atoms with Gasteiger partial charge in [0.2, 0.25) is 5.91 Å². The highest BCUT2D eigenvalue weighted by molar-refractivity contribution is 5.76. The first-order valence-electron chi connectivity index (χ1n) is 6.37. The number of rotatable bonds is 7. The Balaban J connectivity index is 2.22. The second kappa shape index (κ2) is 7.71. The molecule has 0 aromatic heterocycles. The van der Waals surface area contributed by atoms with Crippen molar-refractivity contribution in [2.45, 2.75) is 26.3 Å². The van der Waals surface area contributed by atoms with Gasteiger partial charge in [-0.3, -0.25) is 4.79 Å². The van der Waals surface area contributed by atoms with Crippen molar-refractivity contribution in [3.63, 3.8) is 0 Å². The number of amides is 1. The van der Waals surface area contributed by atoms with Crippen LogP contribution in [0.2, 0.25) is 0 Å². The first kappa shape index (κ1) is 14.5. The lowest BCUT2D eigenvalue weighted by atomic mass is 10.2. The van der Waals surface area contributed by atoms with Crippen molar-refractivity contribution in [2.75, 3.05) is 25.5 Å². The molecule has 0 saturated carbocycles. The number of nitrogens with one attached hydrogen (secondary N) is 3. The zero-order valence-corrected chi connectivity index (χ0v) is 11.4. The topological polar surface area (TPSA) is 53.2 Å². The van der Waals surface area contributed by atoms with Crippen LogP contribution < -0.4 is 16.0 Å². The normalized spacial score (nSPS) is 11.9. The number of hydrogen-bond donors (Lipinski definition) is 3. The van der Waals surface area contributed by atoms with E-state index in [1.807, 2.05) is 32.2 Å². The highest BCUT2D eigenvalue weighted by atomic mass is 16.1. The summed E-state index contributed by atoms with van der Waals surface area (Å²) in [5.41, 5.74) is 2.29. The first-order valence-corrected chi connectivity index (χ1v) is 6.37. The molecule has 0 spiro atoms. The molecule has 0 radical (unpaired) electrons. The third kappa shape index (κ3) is 5.19. The summed E-state index contributed by atoms with van der Waals surface area (Å²) >= 11 is 0. The molecular formula is C14H23N3O. The van der Waals surface area contributed by atoms with Crippen LogP contribution in [0.15, 0.2) is 24.3 Å². The summed E-state index contributed by atoms with van der Waals surface area (Å²) in [6.07, 6.45) is 0.491. The molecule has 1 rings (SSSR count). The van der Waals surface area contributed by atoms with Crippen LogP contribution in [0, 0.1) is 6.92 Å². The van der Waals surface area contributed by atoms with Crippen LogP contribution in [0.3, 0.4) is 0 Å². The molecule has 0 aliphatic carbocycles. The predicted octanol–water partition coefficient (Wildman–Crippen LogP) is 1.52. The fourth-order valence-corrected chi connectivity index (χ4v) is 1.54. The Morgan fingerprint density at radius 2 is 2.06 bits per heavy atom. The van der Waals surface area contributed by atoms with Gasteiger partial charge >= 0.3 is 0 Å². The van der Waals surface area contributed by atoms with Gasteiger partial charge in [-0.1, -0.05) is 18.2 Å². The van der Waals surface area contributed by atoms with Crippen molar-refractivity contribution in [3.8, 4) is 0 Å². The molecule has 1 amide bonds. The lowest BCUT2D eigenvalue weighted by Gasteiger charge is -2.12. The van der Waals surface area contributed by atoms with Crippen molar-refractivity contribution in [1.82, 2.24) is 10.6 Å². The standard InChI is InChI=1S/C14H23N3O/c1-11-6-4-5-7-13(11)16-9-8-14(18)17-10-12(2)15-3/h4-7,12,15-16H,8-10H2,1-3H3,(H,17,18). The van der Waals surface area contributed by atoms with Gasteiger partial charge < -0.3 is 16.0 Å². The maximum atomic E-state index is 11.6. The van der Waals surface area contributed by atoms with Gasteiger partial charge in [0.25, 0.3) is 0 Å². The molecule has 18 heavy (non-hydrogen) atoms. The Hall–Kier alpha value is -1.55. The summed E-state index contributed by atoms with van der Waals surface area (Å²) in [6.45, 7) is 5.41. The first-order chi connectivity index (χ1) is 8.63. The van der Waals surface area contributed by atoms with Gasteiger partial charge in [-0.05, 0) is 32.5 Å². The van der Waals surface area contributed by atoms with E-state index in [1.165, 1.54) is 5.56 Å². The van der Waals surface area contributed by atoms with Gasteiger partial charge in [0.05, 0.1) is 0 Å². The molecule has 1 atom stereocenters. The average molecular weight is 249 g/mol. The van der Waals surface area contributed by atoms with Crippen LogP contribution in [0.4, 0.5) is 5.69 Å². The number of likely N-dealkylation sites (N-methyl/N-ethyl adjacent to an activating group) is 1. The molecule has 4 heteroatoms. The van der Waals surface area contributed by atoms with Gasteiger partial charge in [-0.2, -0.15) is 0 Å². The summed E-state index contributed by atoms with van der Waals surface area (Å²) < 4.78 is 0. The Morgan fingerprint density at radius 3 is 2.72 bits per heavy atom. The van der Waals surface area contributed by atoms with Crippen LogP contribution in [-0.4, -0.2) is 32.1 Å². The summed E-state index contributed by atoms with van der Waals surface area (Å²) in [7, 11) is 1.89. The van der Waals surface area contributed by atoms with Gasteiger partial charge in [0.1, 0.15) is 0 Å². The number of anilines is 1. The SMILES string of the molecule is CNC(C)CNC(=O)CCNc1ccccc1C. The number of carbonyl (C=O) groups excluding carboxylic acids is 1. The van der Waals surface area contributed by atoms with E-state index in [9.17, 15) is 4.79 Å². The quantitative estimate of drug-likeness (QED) is 0.687. The summed E-state index contributed by atoms with van der Waals surface area (Å²) in [5.74, 6) is 0.0817. The maximum absolute atomic E-state index is 11.6. The highest BCUT2D eigenvalue weighted by Crippen LogP contribution is 2.12. The molecule has 1 aromatic carbocycles. The zero-order valence-electron chi connectivity index (χ0n) is 11.4. The Bertz CT molecular complexity index is 379. The molecular weight excluding hydrogens is 226 g/mol. The van der Waals surface area contributed by atoms with Crippen molar-refractivity contribution in [3.05, 3.63) is 29.8 Å². The fourth-order valence-electron chi connectivity index (χ4n) is 1.54. The van der Waals surface area contributed by atoms with Crippen LogP contribution >= 0.6 is 0 Å². The smallest absolute Gasteiger partial charge is 0.221 e. The predicted molar refractivity (Wildman–Crippen MR) is 75.8 cm³/mol. The largest absolute Gasteiger partial charge is 0.384 e. The number of aryl methyl sites for hydroxylation is 1. The van der Waals surface area contributed by atoms with Gasteiger partial charge in [-0.15, -0.1) is 0 Å². The molecule has 0 aliphatic rings. The van der Waals surface area contributed by atoms with Crippen LogP contribution in [0.25, 0.3) is 0 Å². The lowest BCUT2D eigenvalue weighted by Crippen LogP contribution is -2.37. The Morgan fingerprint density at radius 1 is 1.33 bits per heavy atom. The molecule has 4 nitrogen and oxygen atoms in total. The van der Waals surface area contributed by atoms with Crippen LogP contribution in [-0.2, 0) is 4.79 Å². The molecule has 3 N–H and O–H groups in total. The summed E-state index contributed by atoms with van der Waals surface area (Å²) in [6, 6.07) is 8.38. The maximum Gasteiger partial charge on any atom is 0.221 e. The fraction of sp³-hybridized carbons (Fsp3) is 0.500. The molecule has 100 valence electrons. The monoisotopic (exact) mass is 249 g/mol. The van der Waals surface area contributed by atoms with Crippen LogP contribution in [0.1, 0.15) is 18.9 Å². The lowest BCUT2D eigenvalue weighted by molar-refractivity contribution is -0.120. The molecule has 1 aromatic rings. The third-order valence-electron chi connectivity index (χ3n) is 2.91. The van der Waals surface area contributed by atoms with Gasteiger partial charge in [-0.25, -0.2) is 0 Å². The molecule has 0 saturated heterocycles. The van der Waals surface area contributed by atoms with E-state index in [0.29, 0.717) is 25.6 Å². The van der Waals surface area contributed by atoms with E-state index in [0.717, 1.165) is 5.69 Å². The zero-order chi connectivity index (χ0) is 13.4. The molecule has 0 heterocycles. The van der Waals surface area contributed by atoms with Crippen LogP contribution in [0.5, 0.6) is 0 Å². The summed E-state index contributed by atoms with van der Waals surface area (Å²) in [5, 5.41) is 9.24. The third-order valence-corrected chi connectivity index (χ3v) is 2.91. The Kier molecular flexibility index (Phi) is 6.22. The molecule has 0 fully saturated rings. The van der Waals surface area contributed by atoms with Crippen molar-refractivity contribution in [2.24, 2.45) is 0 Å². The van der Waals surface area contributed by atoms with E-state index < -0.39 is 0 Å². The second-order valence-electron chi connectivity index (χ2n) is 4.49. The average Bonchev–Trinajstić information content (AvgIpc) is 2.38. The van der Waals surface area contributed by atoms with Gasteiger partial charge in [0, 0.05) is 31.2 Å². The minimum Gasteiger partial charge on any atom is -0.384 e. The van der Waals surface area contributed by atoms with Gasteiger partial charge in [0.15, 0.2) is 0 Å². The number of para-hydroxylation sites is 1. The van der Waals surface area contributed by atoms with E-state index >= 15 is 0 Å². The van der Waals surface area contributed by atoms with E-state index in [4.69, 9.17) is 0 Å². The molecule has 0 bridgehead atoms. The van der Waals surface area contributed by atoms with E-state index in [2.05, 4.69) is 28.9 Å². The number of carbonyl (C=O) groups is 1. The molecule has 1 unspecified atom stereocenters. The Labute approximate surface area is 109 Å². The number of benzene rings is 1. The van der Waals surface area contributed by atoms with Crippen molar-refractivity contribution >= 4 is 11.6 Å². The molecule has 0 aliphatic heterocycles. The minimum atomic E-state index is 0.0817. The van der Waals surface area contributed by atoms with E-state index in [1.54, 1.807) is 0 Å². The van der Waals surface area contributed by atoms with E-state index in [-0.39, 0.29) is 5.91 Å². The second-order valence-corrected chi connectivity index (χ2v) is 4.49. The number of hydrogen-bond acceptors (Lipinski definition) is 3.